The summed E-state index contributed by atoms with van der Waals surface area (Å²) in [6, 6.07) is 15.1. The molecule has 2 aromatic carbocycles. The fourth-order valence-electron chi connectivity index (χ4n) is 1.69. The molecule has 0 unspecified atom stereocenters. The van der Waals surface area contributed by atoms with Crippen molar-refractivity contribution in [3.05, 3.63) is 48.5 Å². The van der Waals surface area contributed by atoms with E-state index >= 15 is 0 Å². The lowest BCUT2D eigenvalue weighted by molar-refractivity contribution is 0.602. The highest BCUT2D eigenvalue weighted by molar-refractivity contribution is 7.98. The third kappa shape index (κ3) is 2.94. The van der Waals surface area contributed by atoms with Crippen LogP contribution in [0.5, 0.6) is 0 Å². The van der Waals surface area contributed by atoms with E-state index in [0.717, 1.165) is 11.1 Å². The van der Waals surface area contributed by atoms with Gasteiger partial charge < -0.3 is 0 Å². The zero-order valence-electron chi connectivity index (χ0n) is 10.3. The molecule has 0 aliphatic heterocycles. The molecule has 94 valence electrons. The van der Waals surface area contributed by atoms with Crippen LogP contribution in [-0.2, 0) is 9.84 Å². The van der Waals surface area contributed by atoms with E-state index in [1.165, 1.54) is 11.2 Å². The van der Waals surface area contributed by atoms with Crippen LogP contribution in [0.2, 0.25) is 0 Å². The van der Waals surface area contributed by atoms with Crippen LogP contribution in [0.4, 0.5) is 0 Å². The molecule has 18 heavy (non-hydrogen) atoms. The van der Waals surface area contributed by atoms with Crippen LogP contribution >= 0.6 is 11.8 Å². The number of hydrogen-bond donors (Lipinski definition) is 0. The largest absolute Gasteiger partial charge is 0.224 e. The van der Waals surface area contributed by atoms with Gasteiger partial charge in [-0.15, -0.1) is 11.8 Å². The Morgan fingerprint density at radius 1 is 0.944 bits per heavy atom. The number of sulfone groups is 1. The molecule has 0 atom stereocenters. The second-order valence-electron chi connectivity index (χ2n) is 4.03. The van der Waals surface area contributed by atoms with Gasteiger partial charge in [0.15, 0.2) is 9.84 Å². The molecule has 0 fully saturated rings. The molecule has 0 bridgehead atoms. The van der Waals surface area contributed by atoms with E-state index in [0.29, 0.717) is 4.90 Å². The molecule has 0 aromatic heterocycles. The van der Waals surface area contributed by atoms with Gasteiger partial charge in [-0.3, -0.25) is 0 Å². The highest BCUT2D eigenvalue weighted by atomic mass is 32.2. The zero-order chi connectivity index (χ0) is 13.2. The first-order chi connectivity index (χ1) is 8.50. The van der Waals surface area contributed by atoms with Crippen molar-refractivity contribution in [3.63, 3.8) is 0 Å². The second kappa shape index (κ2) is 5.16. The van der Waals surface area contributed by atoms with Crippen LogP contribution in [0.3, 0.4) is 0 Å². The molecule has 0 aliphatic carbocycles. The summed E-state index contributed by atoms with van der Waals surface area (Å²) in [5.41, 5.74) is 1.95. The molecule has 0 saturated carbocycles. The SMILES string of the molecule is CSc1ccc(-c2cccc(S(C)(=O)=O)c2)cc1. The normalized spacial score (nSPS) is 11.4. The average Bonchev–Trinajstić information content (AvgIpc) is 2.38. The van der Waals surface area contributed by atoms with Gasteiger partial charge in [0.25, 0.3) is 0 Å². The van der Waals surface area contributed by atoms with Crippen molar-refractivity contribution < 1.29 is 8.42 Å². The standard InChI is InChI=1S/C14H14O2S2/c1-17-13-8-6-11(7-9-13)12-4-3-5-14(10-12)18(2,15)16/h3-10H,1-2H3. The van der Waals surface area contributed by atoms with E-state index in [1.807, 2.05) is 36.6 Å². The molecule has 0 amide bonds. The second-order valence-corrected chi connectivity index (χ2v) is 6.92. The predicted octanol–water partition coefficient (Wildman–Crippen LogP) is 3.48. The smallest absolute Gasteiger partial charge is 0.175 e. The van der Waals surface area contributed by atoms with Gasteiger partial charge in [0.05, 0.1) is 4.90 Å². The van der Waals surface area contributed by atoms with Crippen molar-refractivity contribution in [1.82, 2.24) is 0 Å². The Hall–Kier alpha value is -1.26. The zero-order valence-corrected chi connectivity index (χ0v) is 11.9. The molecule has 2 nitrogen and oxygen atoms in total. The number of rotatable bonds is 3. The molecule has 4 heteroatoms. The van der Waals surface area contributed by atoms with Crippen LogP contribution in [0.25, 0.3) is 11.1 Å². The van der Waals surface area contributed by atoms with Gasteiger partial charge in [-0.2, -0.15) is 0 Å². The van der Waals surface area contributed by atoms with Crippen molar-refractivity contribution in [1.29, 1.82) is 0 Å². The third-order valence-electron chi connectivity index (χ3n) is 2.69. The maximum Gasteiger partial charge on any atom is 0.175 e. The number of benzene rings is 2. The lowest BCUT2D eigenvalue weighted by atomic mass is 10.1. The maximum absolute atomic E-state index is 11.5. The van der Waals surface area contributed by atoms with Crippen molar-refractivity contribution in [3.8, 4) is 11.1 Å². The van der Waals surface area contributed by atoms with E-state index in [1.54, 1.807) is 30.0 Å². The van der Waals surface area contributed by atoms with E-state index in [-0.39, 0.29) is 0 Å². The van der Waals surface area contributed by atoms with Gasteiger partial charge in [-0.1, -0.05) is 24.3 Å². The Labute approximate surface area is 112 Å². The van der Waals surface area contributed by atoms with Gasteiger partial charge in [-0.05, 0) is 41.6 Å². The minimum absolute atomic E-state index is 0.356. The van der Waals surface area contributed by atoms with Crippen molar-refractivity contribution >= 4 is 21.6 Å². The molecule has 0 aliphatic rings. The molecule has 0 heterocycles. The van der Waals surface area contributed by atoms with Crippen molar-refractivity contribution in [2.75, 3.05) is 12.5 Å². The van der Waals surface area contributed by atoms with Crippen LogP contribution in [-0.4, -0.2) is 20.9 Å². The van der Waals surface area contributed by atoms with Crippen molar-refractivity contribution in [2.24, 2.45) is 0 Å². The van der Waals surface area contributed by atoms with E-state index in [2.05, 4.69) is 0 Å². The van der Waals surface area contributed by atoms with E-state index in [9.17, 15) is 8.42 Å². The van der Waals surface area contributed by atoms with E-state index < -0.39 is 9.84 Å². The summed E-state index contributed by atoms with van der Waals surface area (Å²) in [5.74, 6) is 0. The quantitative estimate of drug-likeness (QED) is 0.806. The fourth-order valence-corrected chi connectivity index (χ4v) is 2.76. The molecule has 2 rings (SSSR count). The summed E-state index contributed by atoms with van der Waals surface area (Å²) >= 11 is 1.68. The topological polar surface area (TPSA) is 34.1 Å². The highest BCUT2D eigenvalue weighted by Gasteiger charge is 2.08. The van der Waals surface area contributed by atoms with Crippen molar-refractivity contribution in [2.45, 2.75) is 9.79 Å². The van der Waals surface area contributed by atoms with Gasteiger partial charge in [-0.25, -0.2) is 8.42 Å². The monoisotopic (exact) mass is 278 g/mol. The lowest BCUT2D eigenvalue weighted by Crippen LogP contribution is -1.96. The van der Waals surface area contributed by atoms with Gasteiger partial charge in [0, 0.05) is 11.2 Å². The summed E-state index contributed by atoms with van der Waals surface area (Å²) in [6.07, 6.45) is 3.25. The molecule has 2 aromatic rings. The fraction of sp³-hybridized carbons (Fsp3) is 0.143. The summed E-state index contributed by atoms with van der Waals surface area (Å²) in [5, 5.41) is 0. The first-order valence-electron chi connectivity index (χ1n) is 5.45. The van der Waals surface area contributed by atoms with Crippen LogP contribution < -0.4 is 0 Å². The Morgan fingerprint density at radius 3 is 2.17 bits per heavy atom. The molecule has 0 N–H and O–H groups in total. The summed E-state index contributed by atoms with van der Waals surface area (Å²) in [6.45, 7) is 0. The number of hydrogen-bond acceptors (Lipinski definition) is 3. The lowest BCUT2D eigenvalue weighted by Gasteiger charge is -2.05. The maximum atomic E-state index is 11.5. The minimum atomic E-state index is -3.15. The predicted molar refractivity (Wildman–Crippen MR) is 76.8 cm³/mol. The third-order valence-corrected chi connectivity index (χ3v) is 4.54. The molecule has 0 spiro atoms. The molecule has 0 radical (unpaired) electrons. The van der Waals surface area contributed by atoms with Gasteiger partial charge >= 0.3 is 0 Å². The molecule has 0 saturated heterocycles. The number of thioether (sulfide) groups is 1. The minimum Gasteiger partial charge on any atom is -0.224 e. The first-order valence-corrected chi connectivity index (χ1v) is 8.57. The first kappa shape index (κ1) is 13.2. The Morgan fingerprint density at radius 2 is 1.61 bits per heavy atom. The average molecular weight is 278 g/mol. The molecular weight excluding hydrogens is 264 g/mol. The summed E-state index contributed by atoms with van der Waals surface area (Å²) < 4.78 is 23.0. The van der Waals surface area contributed by atoms with Crippen LogP contribution in [0.15, 0.2) is 58.3 Å². The Kier molecular flexibility index (Phi) is 3.78. The Bertz CT molecular complexity index is 644. The highest BCUT2D eigenvalue weighted by Crippen LogP contribution is 2.24. The van der Waals surface area contributed by atoms with Gasteiger partial charge in [0.1, 0.15) is 0 Å². The van der Waals surface area contributed by atoms with Crippen LogP contribution in [0, 0.1) is 0 Å². The summed E-state index contributed by atoms with van der Waals surface area (Å²) in [7, 11) is -3.15. The van der Waals surface area contributed by atoms with Crippen LogP contribution in [0.1, 0.15) is 0 Å². The van der Waals surface area contributed by atoms with E-state index in [4.69, 9.17) is 0 Å². The van der Waals surface area contributed by atoms with Gasteiger partial charge in [0.2, 0.25) is 0 Å². The summed E-state index contributed by atoms with van der Waals surface area (Å²) in [4.78, 5) is 1.55. The Balaban J connectivity index is 2.44. The molecular formula is C14H14O2S2.